The summed E-state index contributed by atoms with van der Waals surface area (Å²) in [6, 6.07) is 3.93. The summed E-state index contributed by atoms with van der Waals surface area (Å²) in [6.07, 6.45) is 0. The van der Waals surface area contributed by atoms with Crippen LogP contribution in [0.5, 0.6) is 0 Å². The third-order valence-corrected chi connectivity index (χ3v) is 4.78. The molecule has 1 fully saturated rings. The average Bonchev–Trinajstić information content (AvgIpc) is 3.01. The highest BCUT2D eigenvalue weighted by atomic mass is 127. The summed E-state index contributed by atoms with van der Waals surface area (Å²) in [5.74, 6) is -1.24. The molecular formula is C19H28F2IN3O2. The van der Waals surface area contributed by atoms with Crippen molar-refractivity contribution in [3.8, 4) is 0 Å². The number of halogens is 3. The van der Waals surface area contributed by atoms with Crippen LogP contribution in [0.15, 0.2) is 23.2 Å². The van der Waals surface area contributed by atoms with Gasteiger partial charge in [0.05, 0.1) is 13.0 Å². The van der Waals surface area contributed by atoms with Crippen LogP contribution in [-0.2, 0) is 9.53 Å². The van der Waals surface area contributed by atoms with Crippen LogP contribution in [-0.4, -0.2) is 50.1 Å². The molecule has 152 valence electrons. The second-order valence-electron chi connectivity index (χ2n) is 6.78. The van der Waals surface area contributed by atoms with Crippen molar-refractivity contribution in [1.29, 1.82) is 0 Å². The minimum atomic E-state index is -0.849. The van der Waals surface area contributed by atoms with Gasteiger partial charge in [0, 0.05) is 32.1 Å². The predicted molar refractivity (Wildman–Crippen MR) is 112 cm³/mol. The van der Waals surface area contributed by atoms with Crippen molar-refractivity contribution in [3.63, 3.8) is 0 Å². The second kappa shape index (κ2) is 10.8. The molecule has 0 amide bonds. The fraction of sp³-hybridized carbons (Fsp3) is 0.579. The van der Waals surface area contributed by atoms with E-state index in [4.69, 9.17) is 4.74 Å². The molecule has 0 spiro atoms. The molecule has 5 nitrogen and oxygen atoms in total. The van der Waals surface area contributed by atoms with Gasteiger partial charge in [-0.15, -0.1) is 24.0 Å². The number of rotatable bonds is 5. The molecule has 0 aromatic heterocycles. The number of benzene rings is 1. The first-order chi connectivity index (χ1) is 12.4. The number of hydrogen-bond acceptors (Lipinski definition) is 3. The van der Waals surface area contributed by atoms with Gasteiger partial charge in [-0.3, -0.25) is 9.79 Å². The SMILES string of the molecule is CCNC(=NCC(C)c1ccc(F)c(F)c1)N1CC(C)C(C(=O)OC)C1.I. The number of likely N-dealkylation sites (tertiary alicyclic amines) is 1. The fourth-order valence-corrected chi connectivity index (χ4v) is 3.17. The number of hydrogen-bond donors (Lipinski definition) is 1. The first kappa shape index (κ1) is 23.6. The van der Waals surface area contributed by atoms with Crippen molar-refractivity contribution in [3.05, 3.63) is 35.4 Å². The van der Waals surface area contributed by atoms with Gasteiger partial charge in [-0.25, -0.2) is 8.78 Å². The molecule has 1 aromatic carbocycles. The van der Waals surface area contributed by atoms with E-state index in [1.807, 2.05) is 25.7 Å². The van der Waals surface area contributed by atoms with E-state index < -0.39 is 11.6 Å². The van der Waals surface area contributed by atoms with Crippen molar-refractivity contribution in [2.75, 3.05) is 33.3 Å². The molecule has 1 aromatic rings. The van der Waals surface area contributed by atoms with Crippen LogP contribution >= 0.6 is 24.0 Å². The summed E-state index contributed by atoms with van der Waals surface area (Å²) in [4.78, 5) is 18.6. The molecule has 0 radical (unpaired) electrons. The number of carbonyl (C=O) groups is 1. The zero-order chi connectivity index (χ0) is 19.3. The number of ether oxygens (including phenoxy) is 1. The molecule has 1 aliphatic heterocycles. The van der Waals surface area contributed by atoms with Crippen molar-refractivity contribution < 1.29 is 18.3 Å². The number of aliphatic imine (C=N–C) groups is 1. The topological polar surface area (TPSA) is 53.9 Å². The molecule has 0 saturated carbocycles. The minimum Gasteiger partial charge on any atom is -0.469 e. The predicted octanol–water partition coefficient (Wildman–Crippen LogP) is 3.39. The van der Waals surface area contributed by atoms with E-state index in [-0.39, 0.29) is 47.7 Å². The lowest BCUT2D eigenvalue weighted by Gasteiger charge is -2.22. The third-order valence-electron chi connectivity index (χ3n) is 4.78. The van der Waals surface area contributed by atoms with E-state index in [2.05, 4.69) is 10.3 Å². The average molecular weight is 495 g/mol. The number of carbonyl (C=O) groups excluding carboxylic acids is 1. The van der Waals surface area contributed by atoms with Gasteiger partial charge >= 0.3 is 5.97 Å². The van der Waals surface area contributed by atoms with Crippen molar-refractivity contribution in [2.24, 2.45) is 16.8 Å². The Morgan fingerprint density at radius 1 is 1.37 bits per heavy atom. The molecule has 8 heteroatoms. The Hall–Kier alpha value is -1.45. The van der Waals surface area contributed by atoms with Crippen LogP contribution in [0.3, 0.4) is 0 Å². The Morgan fingerprint density at radius 2 is 2.07 bits per heavy atom. The highest BCUT2D eigenvalue weighted by Crippen LogP contribution is 2.24. The van der Waals surface area contributed by atoms with Crippen molar-refractivity contribution >= 4 is 35.9 Å². The molecule has 1 saturated heterocycles. The van der Waals surface area contributed by atoms with Gasteiger partial charge in [-0.2, -0.15) is 0 Å². The van der Waals surface area contributed by atoms with Crippen LogP contribution in [0.2, 0.25) is 0 Å². The Balaban J connectivity index is 0.00000364. The third kappa shape index (κ3) is 6.02. The summed E-state index contributed by atoms with van der Waals surface area (Å²) in [5, 5.41) is 3.24. The Labute approximate surface area is 176 Å². The molecule has 0 bridgehead atoms. The lowest BCUT2D eigenvalue weighted by Crippen LogP contribution is -2.40. The van der Waals surface area contributed by atoms with Gasteiger partial charge in [0.25, 0.3) is 0 Å². The Bertz CT molecular complexity index is 672. The van der Waals surface area contributed by atoms with Crippen LogP contribution in [0.25, 0.3) is 0 Å². The first-order valence-electron chi connectivity index (χ1n) is 8.93. The largest absolute Gasteiger partial charge is 0.469 e. The highest BCUT2D eigenvalue weighted by Gasteiger charge is 2.36. The minimum absolute atomic E-state index is 0. The number of methoxy groups -OCH3 is 1. The van der Waals surface area contributed by atoms with E-state index in [9.17, 15) is 13.6 Å². The molecule has 1 aliphatic rings. The standard InChI is InChI=1S/C19H27F2N3O2.HI/c1-5-22-19(24-10-13(3)15(11-24)18(25)26-4)23-9-12(2)14-6-7-16(20)17(21)8-14;/h6-8,12-13,15H,5,9-11H2,1-4H3,(H,22,23);1H. The monoisotopic (exact) mass is 495 g/mol. The summed E-state index contributed by atoms with van der Waals surface area (Å²) in [7, 11) is 1.40. The molecule has 3 atom stereocenters. The normalized spacial score (nSPS) is 20.8. The Kier molecular flexibility index (Phi) is 9.41. The van der Waals surface area contributed by atoms with Gasteiger partial charge in [0.2, 0.25) is 0 Å². The zero-order valence-electron chi connectivity index (χ0n) is 16.2. The van der Waals surface area contributed by atoms with E-state index in [1.54, 1.807) is 6.07 Å². The molecule has 27 heavy (non-hydrogen) atoms. The summed E-state index contributed by atoms with van der Waals surface area (Å²) >= 11 is 0. The lowest BCUT2D eigenvalue weighted by atomic mass is 9.99. The van der Waals surface area contributed by atoms with Gasteiger partial charge in [0.15, 0.2) is 17.6 Å². The van der Waals surface area contributed by atoms with Crippen molar-refractivity contribution in [2.45, 2.75) is 26.7 Å². The zero-order valence-corrected chi connectivity index (χ0v) is 18.5. The number of nitrogens with one attached hydrogen (secondary N) is 1. The quantitative estimate of drug-likeness (QED) is 0.295. The van der Waals surface area contributed by atoms with Gasteiger partial charge in [-0.05, 0) is 30.5 Å². The van der Waals surface area contributed by atoms with E-state index in [1.165, 1.54) is 13.2 Å². The molecule has 1 heterocycles. The Morgan fingerprint density at radius 3 is 2.67 bits per heavy atom. The summed E-state index contributed by atoms with van der Waals surface area (Å²) in [6.45, 7) is 8.32. The number of esters is 1. The number of nitrogens with zero attached hydrogens (tertiary/aromatic N) is 2. The first-order valence-corrected chi connectivity index (χ1v) is 8.93. The molecular weight excluding hydrogens is 467 g/mol. The van der Waals surface area contributed by atoms with Crippen molar-refractivity contribution in [1.82, 2.24) is 10.2 Å². The van der Waals surface area contributed by atoms with Gasteiger partial charge in [0.1, 0.15) is 0 Å². The summed E-state index contributed by atoms with van der Waals surface area (Å²) < 4.78 is 31.4. The smallest absolute Gasteiger partial charge is 0.310 e. The van der Waals surface area contributed by atoms with E-state index in [0.29, 0.717) is 31.7 Å². The fourth-order valence-electron chi connectivity index (χ4n) is 3.17. The molecule has 1 N–H and O–H groups in total. The lowest BCUT2D eigenvalue weighted by molar-refractivity contribution is -0.145. The van der Waals surface area contributed by atoms with E-state index >= 15 is 0 Å². The van der Waals surface area contributed by atoms with Gasteiger partial charge < -0.3 is 15.0 Å². The maximum atomic E-state index is 13.4. The molecule has 2 rings (SSSR count). The maximum absolute atomic E-state index is 13.4. The molecule has 3 unspecified atom stereocenters. The second-order valence-corrected chi connectivity index (χ2v) is 6.78. The number of guanidine groups is 1. The molecule has 0 aliphatic carbocycles. The van der Waals surface area contributed by atoms with Crippen LogP contribution in [0.4, 0.5) is 8.78 Å². The van der Waals surface area contributed by atoms with Gasteiger partial charge in [-0.1, -0.05) is 19.9 Å². The van der Waals surface area contributed by atoms with Crippen LogP contribution in [0, 0.1) is 23.5 Å². The summed E-state index contributed by atoms with van der Waals surface area (Å²) in [5.41, 5.74) is 0.700. The van der Waals surface area contributed by atoms with Crippen LogP contribution in [0.1, 0.15) is 32.3 Å². The maximum Gasteiger partial charge on any atom is 0.310 e. The highest BCUT2D eigenvalue weighted by molar-refractivity contribution is 14.0. The van der Waals surface area contributed by atoms with E-state index in [0.717, 1.165) is 12.0 Å². The van der Waals surface area contributed by atoms with Crippen LogP contribution < -0.4 is 5.32 Å².